The van der Waals surface area contributed by atoms with Crippen molar-refractivity contribution in [3.63, 3.8) is 0 Å². The van der Waals surface area contributed by atoms with Crippen molar-refractivity contribution in [3.05, 3.63) is 29.5 Å². The predicted molar refractivity (Wildman–Crippen MR) is 78.9 cm³/mol. The molecule has 1 aromatic heterocycles. The molecule has 1 unspecified atom stereocenters. The lowest BCUT2D eigenvalue weighted by Crippen LogP contribution is -2.45. The molecule has 2 rings (SSSR count). The maximum atomic E-state index is 12.4. The van der Waals surface area contributed by atoms with E-state index in [1.165, 1.54) is 7.11 Å². The van der Waals surface area contributed by atoms with Gasteiger partial charge in [0.15, 0.2) is 5.69 Å². The number of carbonyl (C=O) groups is 2. The van der Waals surface area contributed by atoms with Gasteiger partial charge in [-0.05, 0) is 25.0 Å². The van der Waals surface area contributed by atoms with E-state index in [1.54, 1.807) is 0 Å². The first-order chi connectivity index (χ1) is 9.93. The Kier molecular flexibility index (Phi) is 4.26. The maximum absolute atomic E-state index is 12.4. The van der Waals surface area contributed by atoms with E-state index in [2.05, 4.69) is 15.5 Å². The third-order valence-electron chi connectivity index (χ3n) is 3.34. The summed E-state index contributed by atoms with van der Waals surface area (Å²) in [5.41, 5.74) is 2.10. The summed E-state index contributed by atoms with van der Waals surface area (Å²) < 4.78 is 4.72. The van der Waals surface area contributed by atoms with Gasteiger partial charge in [0.05, 0.1) is 12.6 Å². The van der Waals surface area contributed by atoms with Crippen LogP contribution in [-0.2, 0) is 9.53 Å². The van der Waals surface area contributed by atoms with Crippen LogP contribution >= 0.6 is 0 Å². The van der Waals surface area contributed by atoms with E-state index in [1.807, 2.05) is 39.0 Å². The molecule has 1 heterocycles. The molecule has 1 amide bonds. The average molecular weight is 289 g/mol. The molecule has 0 saturated heterocycles. The number of carbonyl (C=O) groups excluding carboxylic acids is 2. The molecule has 0 aliphatic heterocycles. The van der Waals surface area contributed by atoms with E-state index < -0.39 is 17.9 Å². The van der Waals surface area contributed by atoms with Crippen molar-refractivity contribution in [1.29, 1.82) is 0 Å². The Morgan fingerprint density at radius 3 is 2.67 bits per heavy atom. The highest BCUT2D eigenvalue weighted by Crippen LogP contribution is 2.18. The fourth-order valence-electron chi connectivity index (χ4n) is 2.14. The van der Waals surface area contributed by atoms with E-state index in [4.69, 9.17) is 4.74 Å². The molecule has 0 saturated carbocycles. The van der Waals surface area contributed by atoms with Gasteiger partial charge in [-0.3, -0.25) is 9.89 Å². The lowest BCUT2D eigenvalue weighted by atomic mass is 10.0. The molecular formula is C15H19N3O3. The number of amides is 1. The summed E-state index contributed by atoms with van der Waals surface area (Å²) in [5, 5.41) is 10.3. The van der Waals surface area contributed by atoms with Gasteiger partial charge in [-0.15, -0.1) is 0 Å². The molecule has 6 heteroatoms. The first-order valence-corrected chi connectivity index (χ1v) is 6.77. The van der Waals surface area contributed by atoms with Crippen LogP contribution < -0.4 is 5.32 Å². The minimum atomic E-state index is -0.695. The molecule has 0 fully saturated rings. The van der Waals surface area contributed by atoms with Gasteiger partial charge in [0.25, 0.3) is 5.91 Å². The van der Waals surface area contributed by atoms with Gasteiger partial charge in [0.2, 0.25) is 0 Å². The number of ether oxygens (including phenoxy) is 1. The first-order valence-electron chi connectivity index (χ1n) is 6.77. The number of methoxy groups -OCH3 is 1. The second-order valence-corrected chi connectivity index (χ2v) is 5.34. The van der Waals surface area contributed by atoms with Crippen LogP contribution in [-0.4, -0.2) is 35.2 Å². The molecule has 2 aromatic rings. The van der Waals surface area contributed by atoms with E-state index in [-0.39, 0.29) is 11.6 Å². The minimum Gasteiger partial charge on any atom is -0.467 e. The number of esters is 1. The van der Waals surface area contributed by atoms with E-state index in [0.29, 0.717) is 0 Å². The molecule has 6 nitrogen and oxygen atoms in total. The summed E-state index contributed by atoms with van der Waals surface area (Å²) in [6.07, 6.45) is 0. The fourth-order valence-corrected chi connectivity index (χ4v) is 2.14. The van der Waals surface area contributed by atoms with Crippen molar-refractivity contribution in [1.82, 2.24) is 15.5 Å². The fraction of sp³-hybridized carbons (Fsp3) is 0.400. The summed E-state index contributed by atoms with van der Waals surface area (Å²) in [6.45, 7) is 5.63. The number of aromatic amines is 1. The molecule has 2 N–H and O–H groups in total. The highest BCUT2D eigenvalue weighted by atomic mass is 16.5. The van der Waals surface area contributed by atoms with Gasteiger partial charge in [-0.1, -0.05) is 25.5 Å². The zero-order valence-electron chi connectivity index (χ0n) is 12.6. The number of aromatic nitrogens is 2. The molecular weight excluding hydrogens is 270 g/mol. The lowest BCUT2D eigenvalue weighted by Gasteiger charge is -2.19. The van der Waals surface area contributed by atoms with Gasteiger partial charge in [0, 0.05) is 5.39 Å². The Labute approximate surface area is 122 Å². The summed E-state index contributed by atoms with van der Waals surface area (Å²) >= 11 is 0. The summed E-state index contributed by atoms with van der Waals surface area (Å²) in [7, 11) is 1.30. The molecule has 1 atom stereocenters. The Balaban J connectivity index is 2.29. The van der Waals surface area contributed by atoms with Crippen LogP contribution in [0.15, 0.2) is 18.2 Å². The molecule has 21 heavy (non-hydrogen) atoms. The summed E-state index contributed by atoms with van der Waals surface area (Å²) in [4.78, 5) is 24.1. The Hall–Kier alpha value is -2.37. The molecule has 112 valence electrons. The second-order valence-electron chi connectivity index (χ2n) is 5.34. The topological polar surface area (TPSA) is 84.1 Å². The molecule has 0 radical (unpaired) electrons. The predicted octanol–water partition coefficient (Wildman–Crippen LogP) is 1.80. The van der Waals surface area contributed by atoms with Crippen LogP contribution in [0.1, 0.15) is 29.9 Å². The van der Waals surface area contributed by atoms with Crippen LogP contribution in [0.3, 0.4) is 0 Å². The standard InChI is InChI=1S/C15H19N3O3/c1-8(2)12(15(20)21-4)16-14(19)13-10-7-9(3)5-6-11(10)17-18-13/h5-8,12H,1-4H3,(H,16,19)(H,17,18). The second kappa shape index (κ2) is 5.95. The van der Waals surface area contributed by atoms with Crippen LogP contribution in [0, 0.1) is 12.8 Å². The van der Waals surface area contributed by atoms with Crippen LogP contribution in [0.5, 0.6) is 0 Å². The van der Waals surface area contributed by atoms with E-state index >= 15 is 0 Å². The van der Waals surface area contributed by atoms with Crippen molar-refractivity contribution in [2.75, 3.05) is 7.11 Å². The van der Waals surface area contributed by atoms with Crippen LogP contribution in [0.4, 0.5) is 0 Å². The number of nitrogens with one attached hydrogen (secondary N) is 2. The van der Waals surface area contributed by atoms with Crippen molar-refractivity contribution in [2.24, 2.45) is 5.92 Å². The Bertz CT molecular complexity index is 676. The zero-order valence-corrected chi connectivity index (χ0v) is 12.6. The molecule has 0 aliphatic rings. The number of hydrogen-bond acceptors (Lipinski definition) is 4. The molecule has 0 spiro atoms. The lowest BCUT2D eigenvalue weighted by molar-refractivity contribution is -0.144. The number of fused-ring (bicyclic) bond motifs is 1. The molecule has 0 bridgehead atoms. The number of hydrogen-bond donors (Lipinski definition) is 2. The van der Waals surface area contributed by atoms with Gasteiger partial charge in [0.1, 0.15) is 6.04 Å². The van der Waals surface area contributed by atoms with Gasteiger partial charge in [-0.2, -0.15) is 5.10 Å². The zero-order chi connectivity index (χ0) is 15.6. The third-order valence-corrected chi connectivity index (χ3v) is 3.34. The highest BCUT2D eigenvalue weighted by Gasteiger charge is 2.26. The summed E-state index contributed by atoms with van der Waals surface area (Å²) in [6, 6.07) is 5.00. The Morgan fingerprint density at radius 1 is 1.33 bits per heavy atom. The first kappa shape index (κ1) is 15.0. The Morgan fingerprint density at radius 2 is 2.05 bits per heavy atom. The molecule has 0 aliphatic carbocycles. The van der Waals surface area contributed by atoms with Crippen molar-refractivity contribution in [2.45, 2.75) is 26.8 Å². The maximum Gasteiger partial charge on any atom is 0.328 e. The van der Waals surface area contributed by atoms with Gasteiger partial charge < -0.3 is 10.1 Å². The van der Waals surface area contributed by atoms with Crippen molar-refractivity contribution < 1.29 is 14.3 Å². The van der Waals surface area contributed by atoms with Crippen LogP contribution in [0.25, 0.3) is 10.9 Å². The number of benzene rings is 1. The number of rotatable bonds is 4. The van der Waals surface area contributed by atoms with Crippen molar-refractivity contribution in [3.8, 4) is 0 Å². The van der Waals surface area contributed by atoms with Gasteiger partial charge >= 0.3 is 5.97 Å². The number of nitrogens with zero attached hydrogens (tertiary/aromatic N) is 1. The number of aryl methyl sites for hydroxylation is 1. The quantitative estimate of drug-likeness (QED) is 0.841. The van der Waals surface area contributed by atoms with Crippen molar-refractivity contribution >= 4 is 22.8 Å². The number of H-pyrrole nitrogens is 1. The van der Waals surface area contributed by atoms with E-state index in [0.717, 1.165) is 16.5 Å². The monoisotopic (exact) mass is 289 g/mol. The average Bonchev–Trinajstić information content (AvgIpc) is 2.86. The normalized spacial score (nSPS) is 12.4. The molecule has 1 aromatic carbocycles. The van der Waals surface area contributed by atoms with Crippen LogP contribution in [0.2, 0.25) is 0 Å². The SMILES string of the molecule is COC(=O)C(NC(=O)c1n[nH]c2ccc(C)cc12)C(C)C. The highest BCUT2D eigenvalue weighted by molar-refractivity contribution is 6.05. The minimum absolute atomic E-state index is 0.0756. The summed E-state index contributed by atoms with van der Waals surface area (Å²) in [5.74, 6) is -0.932. The largest absolute Gasteiger partial charge is 0.467 e. The van der Waals surface area contributed by atoms with E-state index in [9.17, 15) is 9.59 Å². The smallest absolute Gasteiger partial charge is 0.328 e. The van der Waals surface area contributed by atoms with Gasteiger partial charge in [-0.25, -0.2) is 4.79 Å². The third kappa shape index (κ3) is 3.04.